The number of anilines is 2. The standard InChI is InChI=1S/C23H31FN6O2/c1-16(31)30-11-5-6-17(13-30)23-26-20(12-21(27-23)28(2)3)14-29(4)15-22(32)25-19-9-7-18(24)8-10-19/h7-10,12,17H,5-6,11,13-15H2,1-4H3,(H,25,32). The zero-order valence-electron chi connectivity index (χ0n) is 19.1. The average molecular weight is 443 g/mol. The highest BCUT2D eigenvalue weighted by Gasteiger charge is 2.26. The molecule has 0 saturated carbocycles. The van der Waals surface area contributed by atoms with Crippen molar-refractivity contribution in [3.05, 3.63) is 47.7 Å². The van der Waals surface area contributed by atoms with E-state index in [-0.39, 0.29) is 30.1 Å². The molecule has 2 heterocycles. The summed E-state index contributed by atoms with van der Waals surface area (Å²) in [6.07, 6.45) is 1.87. The van der Waals surface area contributed by atoms with Crippen molar-refractivity contribution in [2.75, 3.05) is 51.0 Å². The first-order valence-corrected chi connectivity index (χ1v) is 10.8. The maximum absolute atomic E-state index is 13.0. The molecule has 172 valence electrons. The van der Waals surface area contributed by atoms with Crippen molar-refractivity contribution in [1.29, 1.82) is 0 Å². The molecular formula is C23H31FN6O2. The normalized spacial score (nSPS) is 16.2. The second-order valence-electron chi connectivity index (χ2n) is 8.50. The number of hydrogen-bond acceptors (Lipinski definition) is 6. The molecule has 0 bridgehead atoms. The molecule has 2 aromatic rings. The molecule has 1 fully saturated rings. The number of benzene rings is 1. The molecule has 1 aliphatic rings. The first-order chi connectivity index (χ1) is 15.2. The van der Waals surface area contributed by atoms with Crippen LogP contribution in [0.4, 0.5) is 15.9 Å². The number of carbonyl (C=O) groups excluding carboxylic acids is 2. The molecule has 8 nitrogen and oxygen atoms in total. The van der Waals surface area contributed by atoms with Crippen LogP contribution in [0.5, 0.6) is 0 Å². The van der Waals surface area contributed by atoms with Crippen LogP contribution in [0.2, 0.25) is 0 Å². The Balaban J connectivity index is 1.68. The molecule has 32 heavy (non-hydrogen) atoms. The van der Waals surface area contributed by atoms with Crippen molar-refractivity contribution in [2.45, 2.75) is 32.2 Å². The summed E-state index contributed by atoms with van der Waals surface area (Å²) in [5, 5.41) is 2.77. The van der Waals surface area contributed by atoms with Gasteiger partial charge in [0.25, 0.3) is 0 Å². The molecule has 0 aliphatic carbocycles. The second kappa shape index (κ2) is 10.5. The van der Waals surface area contributed by atoms with Gasteiger partial charge in [0.1, 0.15) is 17.5 Å². The van der Waals surface area contributed by atoms with Crippen LogP contribution in [0, 0.1) is 5.82 Å². The SMILES string of the molecule is CC(=O)N1CCCC(c2nc(CN(C)CC(=O)Nc3ccc(F)cc3)cc(N(C)C)n2)C1. The van der Waals surface area contributed by atoms with Gasteiger partial charge in [-0.15, -0.1) is 0 Å². The second-order valence-corrected chi connectivity index (χ2v) is 8.50. The van der Waals surface area contributed by atoms with Gasteiger partial charge >= 0.3 is 0 Å². The third-order valence-electron chi connectivity index (χ3n) is 5.45. The van der Waals surface area contributed by atoms with E-state index in [4.69, 9.17) is 9.97 Å². The summed E-state index contributed by atoms with van der Waals surface area (Å²) >= 11 is 0. The number of amides is 2. The topological polar surface area (TPSA) is 81.7 Å². The van der Waals surface area contributed by atoms with Gasteiger partial charge in [-0.1, -0.05) is 0 Å². The van der Waals surface area contributed by atoms with Crippen molar-refractivity contribution in [2.24, 2.45) is 0 Å². The van der Waals surface area contributed by atoms with Crippen LogP contribution >= 0.6 is 0 Å². The van der Waals surface area contributed by atoms with Crippen LogP contribution < -0.4 is 10.2 Å². The van der Waals surface area contributed by atoms with Crippen molar-refractivity contribution in [3.63, 3.8) is 0 Å². The van der Waals surface area contributed by atoms with Gasteiger partial charge < -0.3 is 15.1 Å². The van der Waals surface area contributed by atoms with E-state index in [0.29, 0.717) is 18.8 Å². The number of rotatable bonds is 7. The third kappa shape index (κ3) is 6.46. The lowest BCUT2D eigenvalue weighted by Gasteiger charge is -2.31. The fourth-order valence-corrected chi connectivity index (χ4v) is 3.78. The van der Waals surface area contributed by atoms with Gasteiger partial charge in [-0.2, -0.15) is 0 Å². The Kier molecular flexibility index (Phi) is 7.74. The lowest BCUT2D eigenvalue weighted by atomic mass is 9.97. The Morgan fingerprint density at radius 3 is 2.56 bits per heavy atom. The minimum Gasteiger partial charge on any atom is -0.363 e. The Morgan fingerprint density at radius 1 is 1.19 bits per heavy atom. The van der Waals surface area contributed by atoms with Crippen LogP contribution in [0.3, 0.4) is 0 Å². The predicted molar refractivity (Wildman–Crippen MR) is 122 cm³/mol. The number of nitrogens with one attached hydrogen (secondary N) is 1. The van der Waals surface area contributed by atoms with Gasteiger partial charge in [0.05, 0.1) is 12.2 Å². The summed E-state index contributed by atoms with van der Waals surface area (Å²) in [5.74, 6) is 1.17. The minimum atomic E-state index is -0.347. The predicted octanol–water partition coefficient (Wildman–Crippen LogP) is 2.48. The average Bonchev–Trinajstić information content (AvgIpc) is 2.75. The third-order valence-corrected chi connectivity index (χ3v) is 5.45. The van der Waals surface area contributed by atoms with Gasteiger partial charge in [-0.05, 0) is 44.2 Å². The van der Waals surface area contributed by atoms with Gasteiger partial charge in [-0.3, -0.25) is 14.5 Å². The summed E-state index contributed by atoms with van der Waals surface area (Å²) < 4.78 is 13.0. The highest BCUT2D eigenvalue weighted by molar-refractivity contribution is 5.92. The Hall–Kier alpha value is -3.07. The van der Waals surface area contributed by atoms with Crippen molar-refractivity contribution in [3.8, 4) is 0 Å². The van der Waals surface area contributed by atoms with Crippen LogP contribution in [-0.4, -0.2) is 72.4 Å². The minimum absolute atomic E-state index is 0.0746. The smallest absolute Gasteiger partial charge is 0.238 e. The summed E-state index contributed by atoms with van der Waals surface area (Å²) in [6, 6.07) is 7.60. The van der Waals surface area contributed by atoms with E-state index in [1.165, 1.54) is 24.3 Å². The number of likely N-dealkylation sites (tertiary alicyclic amines) is 1. The van der Waals surface area contributed by atoms with E-state index < -0.39 is 0 Å². The Labute approximate surface area is 188 Å². The number of piperidine rings is 1. The molecule has 1 saturated heterocycles. The fraction of sp³-hybridized carbons (Fsp3) is 0.478. The van der Waals surface area contributed by atoms with Crippen LogP contribution in [0.25, 0.3) is 0 Å². The first kappa shape index (κ1) is 23.6. The molecule has 1 N–H and O–H groups in total. The molecule has 3 rings (SSSR count). The van der Waals surface area contributed by atoms with Crippen LogP contribution in [-0.2, 0) is 16.1 Å². The lowest BCUT2D eigenvalue weighted by molar-refractivity contribution is -0.130. The van der Waals surface area contributed by atoms with Crippen LogP contribution in [0.1, 0.15) is 37.2 Å². The molecule has 1 aromatic carbocycles. The van der Waals surface area contributed by atoms with Crippen molar-refractivity contribution >= 4 is 23.3 Å². The summed E-state index contributed by atoms with van der Waals surface area (Å²) in [7, 11) is 5.70. The number of hydrogen-bond donors (Lipinski definition) is 1. The highest BCUT2D eigenvalue weighted by Crippen LogP contribution is 2.26. The van der Waals surface area contributed by atoms with Crippen LogP contribution in [0.15, 0.2) is 30.3 Å². The monoisotopic (exact) mass is 442 g/mol. The van der Waals surface area contributed by atoms with Crippen molar-refractivity contribution < 1.29 is 14.0 Å². The Morgan fingerprint density at radius 2 is 1.91 bits per heavy atom. The largest absolute Gasteiger partial charge is 0.363 e. The molecule has 1 atom stereocenters. The first-order valence-electron chi connectivity index (χ1n) is 10.8. The van der Waals surface area contributed by atoms with Gasteiger partial charge in [0.15, 0.2) is 0 Å². The molecular weight excluding hydrogens is 411 g/mol. The Bertz CT molecular complexity index is 950. The fourth-order valence-electron chi connectivity index (χ4n) is 3.78. The van der Waals surface area contributed by atoms with Gasteiger partial charge in [-0.25, -0.2) is 14.4 Å². The molecule has 1 aromatic heterocycles. The molecule has 2 amide bonds. The van der Waals surface area contributed by atoms with E-state index in [9.17, 15) is 14.0 Å². The zero-order chi connectivity index (χ0) is 23.3. The summed E-state index contributed by atoms with van der Waals surface area (Å²) in [5.41, 5.74) is 1.37. The van der Waals surface area contributed by atoms with Gasteiger partial charge in [0, 0.05) is 58.3 Å². The maximum Gasteiger partial charge on any atom is 0.238 e. The maximum atomic E-state index is 13.0. The number of nitrogens with zero attached hydrogens (tertiary/aromatic N) is 5. The molecule has 9 heteroatoms. The van der Waals surface area contributed by atoms with E-state index in [1.807, 2.05) is 41.9 Å². The zero-order valence-corrected chi connectivity index (χ0v) is 19.1. The molecule has 0 spiro atoms. The molecule has 1 aliphatic heterocycles. The van der Waals surface area contributed by atoms with E-state index in [0.717, 1.165) is 36.7 Å². The van der Waals surface area contributed by atoms with Gasteiger partial charge in [0.2, 0.25) is 11.8 Å². The lowest BCUT2D eigenvalue weighted by Crippen LogP contribution is -2.38. The van der Waals surface area contributed by atoms with Crippen molar-refractivity contribution in [1.82, 2.24) is 19.8 Å². The van der Waals surface area contributed by atoms with E-state index in [1.54, 1.807) is 6.92 Å². The van der Waals surface area contributed by atoms with E-state index >= 15 is 0 Å². The number of carbonyl (C=O) groups is 2. The highest BCUT2D eigenvalue weighted by atomic mass is 19.1. The summed E-state index contributed by atoms with van der Waals surface area (Å²) in [4.78, 5) is 39.4. The molecule has 1 unspecified atom stereocenters. The van der Waals surface area contributed by atoms with E-state index in [2.05, 4.69) is 5.32 Å². The summed E-state index contributed by atoms with van der Waals surface area (Å²) in [6.45, 7) is 3.63. The number of aromatic nitrogens is 2. The number of halogens is 1. The molecule has 0 radical (unpaired) electrons. The number of likely N-dealkylation sites (N-methyl/N-ethyl adjacent to an activating group) is 1. The quantitative estimate of drug-likeness (QED) is 0.710.